The van der Waals surface area contributed by atoms with Crippen molar-refractivity contribution in [2.75, 3.05) is 6.79 Å². The Balaban J connectivity index is 1.43. The van der Waals surface area contributed by atoms with E-state index in [2.05, 4.69) is 0 Å². The molecule has 2 heterocycles. The highest BCUT2D eigenvalue weighted by molar-refractivity contribution is 8.18. The molecule has 1 fully saturated rings. The van der Waals surface area contributed by atoms with Gasteiger partial charge in [-0.1, -0.05) is 48.5 Å². The van der Waals surface area contributed by atoms with Crippen LogP contribution in [0.3, 0.4) is 0 Å². The smallest absolute Gasteiger partial charge is 0.293 e. The van der Waals surface area contributed by atoms with E-state index in [-0.39, 0.29) is 24.5 Å². The van der Waals surface area contributed by atoms with Crippen LogP contribution < -0.4 is 9.47 Å². The van der Waals surface area contributed by atoms with Gasteiger partial charge in [-0.05, 0) is 51.9 Å². The minimum absolute atomic E-state index is 0.195. The lowest BCUT2D eigenvalue weighted by Gasteiger charge is -2.14. The molecule has 0 atom stereocenters. The van der Waals surface area contributed by atoms with Crippen molar-refractivity contribution in [2.45, 2.75) is 6.54 Å². The molecule has 0 aliphatic carbocycles. The number of hydrogen-bond donors (Lipinski definition) is 0. The van der Waals surface area contributed by atoms with Crippen LogP contribution in [0.25, 0.3) is 16.8 Å². The van der Waals surface area contributed by atoms with Crippen LogP contribution in [0, 0.1) is 0 Å². The molecule has 1 saturated heterocycles. The molecule has 0 bridgehead atoms. The summed E-state index contributed by atoms with van der Waals surface area (Å²) in [4.78, 5) is 27.1. The first-order chi connectivity index (χ1) is 13.7. The van der Waals surface area contributed by atoms with E-state index in [1.165, 1.54) is 4.90 Å². The highest BCUT2D eigenvalue weighted by Crippen LogP contribution is 2.37. The van der Waals surface area contributed by atoms with Gasteiger partial charge in [0.25, 0.3) is 11.1 Å². The highest BCUT2D eigenvalue weighted by atomic mass is 32.2. The molecule has 138 valence electrons. The Labute approximate surface area is 165 Å². The summed E-state index contributed by atoms with van der Waals surface area (Å²) in [7, 11) is 0. The molecule has 3 aromatic carbocycles. The Hall–Kier alpha value is -3.25. The van der Waals surface area contributed by atoms with Crippen molar-refractivity contribution in [1.29, 1.82) is 0 Å². The zero-order valence-corrected chi connectivity index (χ0v) is 15.6. The Bertz CT molecular complexity index is 1150. The minimum atomic E-state index is -0.277. The van der Waals surface area contributed by atoms with Crippen molar-refractivity contribution in [3.8, 4) is 11.5 Å². The van der Waals surface area contributed by atoms with Gasteiger partial charge in [0.05, 0.1) is 11.4 Å². The summed E-state index contributed by atoms with van der Waals surface area (Å²) in [5.74, 6) is 1.05. The quantitative estimate of drug-likeness (QED) is 0.602. The van der Waals surface area contributed by atoms with Crippen molar-refractivity contribution >= 4 is 39.8 Å². The molecule has 5 nitrogen and oxygen atoms in total. The van der Waals surface area contributed by atoms with E-state index in [1.54, 1.807) is 18.2 Å². The molecule has 0 saturated carbocycles. The maximum absolute atomic E-state index is 12.9. The van der Waals surface area contributed by atoms with Gasteiger partial charge in [-0.2, -0.15) is 0 Å². The lowest BCUT2D eigenvalue weighted by atomic mass is 10.0. The summed E-state index contributed by atoms with van der Waals surface area (Å²) < 4.78 is 10.7. The maximum atomic E-state index is 12.9. The molecule has 2 aliphatic rings. The van der Waals surface area contributed by atoms with Crippen LogP contribution in [-0.4, -0.2) is 22.8 Å². The van der Waals surface area contributed by atoms with E-state index in [0.717, 1.165) is 33.7 Å². The second kappa shape index (κ2) is 6.73. The Kier molecular flexibility index (Phi) is 4.06. The van der Waals surface area contributed by atoms with Crippen molar-refractivity contribution in [3.63, 3.8) is 0 Å². The van der Waals surface area contributed by atoms with Crippen LogP contribution in [-0.2, 0) is 11.3 Å². The molecule has 2 amide bonds. The third-order valence-electron chi connectivity index (χ3n) is 4.78. The zero-order chi connectivity index (χ0) is 19.1. The number of fused-ring (bicyclic) bond motifs is 2. The number of imide groups is 1. The zero-order valence-electron chi connectivity index (χ0n) is 14.8. The van der Waals surface area contributed by atoms with Gasteiger partial charge in [-0.15, -0.1) is 0 Å². The number of carbonyl (C=O) groups is 2. The predicted molar refractivity (Wildman–Crippen MR) is 108 cm³/mol. The van der Waals surface area contributed by atoms with Crippen LogP contribution in [0.15, 0.2) is 65.6 Å². The van der Waals surface area contributed by atoms with Crippen LogP contribution in [0.4, 0.5) is 4.79 Å². The molecule has 0 N–H and O–H groups in total. The molecule has 0 spiro atoms. The molecule has 28 heavy (non-hydrogen) atoms. The van der Waals surface area contributed by atoms with Gasteiger partial charge >= 0.3 is 0 Å². The third-order valence-corrected chi connectivity index (χ3v) is 5.68. The van der Waals surface area contributed by atoms with Crippen LogP contribution >= 0.6 is 11.8 Å². The molecular formula is C22H15NO4S. The van der Waals surface area contributed by atoms with Crippen molar-refractivity contribution in [3.05, 3.63) is 76.7 Å². The Morgan fingerprint density at radius 3 is 2.71 bits per heavy atom. The molecule has 2 aliphatic heterocycles. The van der Waals surface area contributed by atoms with Crippen molar-refractivity contribution in [1.82, 2.24) is 4.90 Å². The Morgan fingerprint density at radius 2 is 1.79 bits per heavy atom. The fourth-order valence-electron chi connectivity index (χ4n) is 3.39. The number of carbonyl (C=O) groups excluding carboxylic acids is 2. The van der Waals surface area contributed by atoms with Gasteiger partial charge in [-0.3, -0.25) is 14.5 Å². The molecule has 0 radical (unpaired) electrons. The normalized spacial score (nSPS) is 17.1. The average Bonchev–Trinajstić information content (AvgIpc) is 3.28. The van der Waals surface area contributed by atoms with E-state index in [0.29, 0.717) is 16.4 Å². The SMILES string of the molecule is O=C1S/C(=C\c2ccc3c(c2)OCO3)C(=O)N1Cc1cccc2ccccc12. The Morgan fingerprint density at radius 1 is 0.964 bits per heavy atom. The van der Waals surface area contributed by atoms with Crippen LogP contribution in [0.2, 0.25) is 0 Å². The summed E-state index contributed by atoms with van der Waals surface area (Å²) >= 11 is 0.961. The van der Waals surface area contributed by atoms with Gasteiger partial charge in [0.2, 0.25) is 6.79 Å². The van der Waals surface area contributed by atoms with Gasteiger partial charge in [0.1, 0.15) is 0 Å². The van der Waals surface area contributed by atoms with E-state index in [1.807, 2.05) is 48.5 Å². The number of amides is 2. The fourth-order valence-corrected chi connectivity index (χ4v) is 4.23. The van der Waals surface area contributed by atoms with Crippen LogP contribution in [0.1, 0.15) is 11.1 Å². The van der Waals surface area contributed by atoms with Crippen molar-refractivity contribution < 1.29 is 19.1 Å². The summed E-state index contributed by atoms with van der Waals surface area (Å²) in [5, 5.41) is 1.87. The first-order valence-corrected chi connectivity index (χ1v) is 9.62. The minimum Gasteiger partial charge on any atom is -0.454 e. The first-order valence-electron chi connectivity index (χ1n) is 8.81. The molecule has 0 aromatic heterocycles. The largest absolute Gasteiger partial charge is 0.454 e. The predicted octanol–water partition coefficient (Wildman–Crippen LogP) is 4.81. The molecule has 3 aromatic rings. The standard InChI is InChI=1S/C22H15NO4S/c24-21-20(11-14-8-9-18-19(10-14)27-13-26-18)28-22(25)23(21)12-16-6-3-5-15-4-1-2-7-17(15)16/h1-11H,12-13H2/b20-11-. The average molecular weight is 389 g/mol. The van der Waals surface area contributed by atoms with Gasteiger partial charge < -0.3 is 9.47 Å². The van der Waals surface area contributed by atoms with Crippen LogP contribution in [0.5, 0.6) is 11.5 Å². The fraction of sp³-hybridized carbons (Fsp3) is 0.0909. The number of thioether (sulfide) groups is 1. The number of hydrogen-bond acceptors (Lipinski definition) is 5. The third kappa shape index (κ3) is 2.92. The highest BCUT2D eigenvalue weighted by Gasteiger charge is 2.35. The molecule has 5 rings (SSSR count). The number of ether oxygens (including phenoxy) is 2. The number of rotatable bonds is 3. The van der Waals surface area contributed by atoms with E-state index in [9.17, 15) is 9.59 Å². The number of benzene rings is 3. The lowest BCUT2D eigenvalue weighted by molar-refractivity contribution is -0.123. The monoisotopic (exact) mass is 389 g/mol. The molecule has 6 heteroatoms. The maximum Gasteiger partial charge on any atom is 0.293 e. The van der Waals surface area contributed by atoms with Gasteiger partial charge in [-0.25, -0.2) is 0 Å². The second-order valence-electron chi connectivity index (χ2n) is 6.52. The van der Waals surface area contributed by atoms with Crippen molar-refractivity contribution in [2.24, 2.45) is 0 Å². The lowest BCUT2D eigenvalue weighted by Crippen LogP contribution is -2.27. The first kappa shape index (κ1) is 16.9. The molecular weight excluding hydrogens is 374 g/mol. The second-order valence-corrected chi connectivity index (χ2v) is 7.51. The van der Waals surface area contributed by atoms with E-state index < -0.39 is 0 Å². The van der Waals surface area contributed by atoms with Gasteiger partial charge in [0, 0.05) is 0 Å². The van der Waals surface area contributed by atoms with E-state index >= 15 is 0 Å². The molecule has 0 unspecified atom stereocenters. The summed E-state index contributed by atoms with van der Waals surface area (Å²) in [6.07, 6.45) is 1.72. The summed E-state index contributed by atoms with van der Waals surface area (Å²) in [6, 6.07) is 19.3. The summed E-state index contributed by atoms with van der Waals surface area (Å²) in [6.45, 7) is 0.449. The topological polar surface area (TPSA) is 55.8 Å². The number of nitrogens with zero attached hydrogens (tertiary/aromatic N) is 1. The van der Waals surface area contributed by atoms with Gasteiger partial charge in [0.15, 0.2) is 11.5 Å². The van der Waals surface area contributed by atoms with E-state index in [4.69, 9.17) is 9.47 Å². The summed E-state index contributed by atoms with van der Waals surface area (Å²) in [5.41, 5.74) is 1.74.